The fourth-order valence-corrected chi connectivity index (χ4v) is 6.29. The first-order valence-electron chi connectivity index (χ1n) is 12.8. The summed E-state index contributed by atoms with van der Waals surface area (Å²) in [4.78, 5) is 41.6. The topological polar surface area (TPSA) is 66.9 Å². The summed E-state index contributed by atoms with van der Waals surface area (Å²) < 4.78 is 5.15. The van der Waals surface area contributed by atoms with Gasteiger partial charge < -0.3 is 9.64 Å². The zero-order valence-electron chi connectivity index (χ0n) is 21.3. The highest BCUT2D eigenvalue weighted by Gasteiger charge is 2.50. The second kappa shape index (κ2) is 9.65. The minimum Gasteiger partial charge on any atom is -0.456 e. The highest BCUT2D eigenvalue weighted by atomic mass is 16.5. The van der Waals surface area contributed by atoms with Gasteiger partial charge in [0, 0.05) is 24.7 Å². The highest BCUT2D eigenvalue weighted by molar-refractivity contribution is 5.96. The second-order valence-electron chi connectivity index (χ2n) is 10.2. The second-order valence-corrected chi connectivity index (χ2v) is 10.2. The molecule has 1 aromatic carbocycles. The van der Waals surface area contributed by atoms with Gasteiger partial charge in [0.25, 0.3) is 0 Å². The van der Waals surface area contributed by atoms with E-state index in [-0.39, 0.29) is 29.7 Å². The summed E-state index contributed by atoms with van der Waals surface area (Å²) >= 11 is 0. The van der Waals surface area contributed by atoms with Crippen molar-refractivity contribution in [2.75, 3.05) is 19.7 Å². The molecule has 4 rings (SSSR count). The van der Waals surface area contributed by atoms with Crippen LogP contribution in [0.15, 0.2) is 23.4 Å². The normalized spacial score (nSPS) is 25.1. The van der Waals surface area contributed by atoms with Gasteiger partial charge in [0.15, 0.2) is 5.78 Å². The van der Waals surface area contributed by atoms with Crippen LogP contribution < -0.4 is 0 Å². The summed E-state index contributed by atoms with van der Waals surface area (Å²) in [5.74, 6) is 0.0139. The van der Waals surface area contributed by atoms with Gasteiger partial charge in [0.2, 0.25) is 5.91 Å². The van der Waals surface area contributed by atoms with E-state index in [0.29, 0.717) is 18.2 Å². The van der Waals surface area contributed by atoms with E-state index < -0.39 is 0 Å². The number of amides is 1. The molecule has 1 saturated carbocycles. The van der Waals surface area contributed by atoms with Gasteiger partial charge in [-0.15, -0.1) is 0 Å². The number of nitrogens with zero attached hydrogens (tertiary/aromatic N) is 2. The Morgan fingerprint density at radius 1 is 1.15 bits per heavy atom. The first kappa shape index (κ1) is 24.6. The average Bonchev–Trinajstić information content (AvgIpc) is 3.32. The van der Waals surface area contributed by atoms with Crippen molar-refractivity contribution in [1.82, 2.24) is 9.80 Å². The zero-order chi connectivity index (χ0) is 24.6. The van der Waals surface area contributed by atoms with E-state index in [4.69, 9.17) is 4.74 Å². The number of carbonyl (C=O) groups is 3. The third kappa shape index (κ3) is 4.21. The lowest BCUT2D eigenvalue weighted by atomic mass is 9.71. The molecule has 0 radical (unpaired) electrons. The maximum atomic E-state index is 13.4. The lowest BCUT2D eigenvalue weighted by Gasteiger charge is -2.40. The van der Waals surface area contributed by atoms with Gasteiger partial charge in [-0.2, -0.15) is 0 Å². The van der Waals surface area contributed by atoms with Crippen molar-refractivity contribution in [1.29, 1.82) is 0 Å². The van der Waals surface area contributed by atoms with E-state index in [0.717, 1.165) is 62.9 Å². The van der Waals surface area contributed by atoms with E-state index in [1.807, 2.05) is 11.0 Å². The molecule has 0 bridgehead atoms. The van der Waals surface area contributed by atoms with Crippen molar-refractivity contribution < 1.29 is 19.1 Å². The quantitative estimate of drug-likeness (QED) is 0.435. The number of rotatable bonds is 7. The number of ether oxygens (including phenoxy) is 1. The molecular formula is C28H38N2O4. The number of esters is 1. The Hall–Kier alpha value is -2.47. The van der Waals surface area contributed by atoms with E-state index in [2.05, 4.69) is 31.7 Å². The number of hydrogen-bond donors (Lipinski definition) is 0. The molecule has 3 aliphatic rings. The van der Waals surface area contributed by atoms with Gasteiger partial charge in [-0.05, 0) is 82.5 Å². The summed E-state index contributed by atoms with van der Waals surface area (Å²) in [5.41, 5.74) is 5.59. The molecule has 1 spiro atoms. The third-order valence-corrected chi connectivity index (χ3v) is 8.57. The van der Waals surface area contributed by atoms with Gasteiger partial charge in [-0.25, -0.2) is 4.79 Å². The Kier molecular flexibility index (Phi) is 6.99. The maximum absolute atomic E-state index is 13.4. The molecule has 6 heteroatoms. The molecular weight excluding hydrogens is 428 g/mol. The molecule has 0 unspecified atom stereocenters. The van der Waals surface area contributed by atoms with Gasteiger partial charge >= 0.3 is 5.97 Å². The molecule has 1 aromatic rings. The molecule has 0 atom stereocenters. The van der Waals surface area contributed by atoms with Crippen LogP contribution in [0, 0.1) is 12.3 Å². The van der Waals surface area contributed by atoms with Crippen molar-refractivity contribution >= 4 is 17.7 Å². The Morgan fingerprint density at radius 3 is 2.41 bits per heavy atom. The molecule has 1 saturated heterocycles. The number of hydrogen-bond acceptors (Lipinski definition) is 5. The Morgan fingerprint density at radius 2 is 1.85 bits per heavy atom. The molecule has 6 nitrogen and oxygen atoms in total. The Balaban J connectivity index is 1.44. The predicted molar refractivity (Wildman–Crippen MR) is 131 cm³/mol. The molecule has 1 aliphatic carbocycles. The van der Waals surface area contributed by atoms with Crippen molar-refractivity contribution in [3.8, 4) is 0 Å². The number of benzene rings is 1. The number of ketones is 1. The third-order valence-electron chi connectivity index (χ3n) is 8.57. The lowest BCUT2D eigenvalue weighted by molar-refractivity contribution is -0.138. The van der Waals surface area contributed by atoms with Crippen LogP contribution in [0.2, 0.25) is 0 Å². The summed E-state index contributed by atoms with van der Waals surface area (Å²) in [6.45, 7) is 12.6. The van der Waals surface area contributed by atoms with Crippen LogP contribution >= 0.6 is 0 Å². The molecule has 2 aliphatic heterocycles. The first-order valence-corrected chi connectivity index (χ1v) is 12.8. The summed E-state index contributed by atoms with van der Waals surface area (Å²) in [6.07, 6.45) is 5.53. The molecule has 1 amide bonds. The summed E-state index contributed by atoms with van der Waals surface area (Å²) in [6, 6.07) is 4.57. The SMILES string of the molecule is CCc1c(C(C)=O)ccc(CN(CC)C2CCC3(CC2)CCN(C2=C(C)C(=O)OC2)C3=O)c1C. The minimum atomic E-state index is -0.302. The van der Waals surface area contributed by atoms with Crippen molar-refractivity contribution in [2.45, 2.75) is 85.7 Å². The molecule has 2 fully saturated rings. The largest absolute Gasteiger partial charge is 0.456 e. The average molecular weight is 467 g/mol. The van der Waals surface area contributed by atoms with E-state index in [1.165, 1.54) is 16.7 Å². The van der Waals surface area contributed by atoms with Gasteiger partial charge in [-0.3, -0.25) is 14.5 Å². The van der Waals surface area contributed by atoms with Crippen LogP contribution in [0.1, 0.15) is 86.8 Å². The molecule has 0 N–H and O–H groups in total. The molecule has 184 valence electrons. The molecule has 0 aromatic heterocycles. The number of Topliss-reactive ketones (excluding diaryl/α,β-unsaturated/α-hetero) is 1. The van der Waals surface area contributed by atoms with Crippen LogP contribution in [-0.4, -0.2) is 53.2 Å². The van der Waals surface area contributed by atoms with Crippen molar-refractivity contribution in [2.24, 2.45) is 5.41 Å². The smallest absolute Gasteiger partial charge is 0.336 e. The van der Waals surface area contributed by atoms with Crippen LogP contribution in [-0.2, 0) is 27.3 Å². The van der Waals surface area contributed by atoms with Gasteiger partial charge in [0.1, 0.15) is 6.61 Å². The molecule has 34 heavy (non-hydrogen) atoms. The summed E-state index contributed by atoms with van der Waals surface area (Å²) in [7, 11) is 0. The Bertz CT molecular complexity index is 1030. The Labute approximate surface area is 203 Å². The fourth-order valence-electron chi connectivity index (χ4n) is 6.29. The zero-order valence-corrected chi connectivity index (χ0v) is 21.3. The highest BCUT2D eigenvalue weighted by Crippen LogP contribution is 2.47. The van der Waals surface area contributed by atoms with Gasteiger partial charge in [0.05, 0.1) is 16.7 Å². The maximum Gasteiger partial charge on any atom is 0.336 e. The summed E-state index contributed by atoms with van der Waals surface area (Å²) in [5, 5.41) is 0. The van der Waals surface area contributed by atoms with Crippen LogP contribution in [0.3, 0.4) is 0 Å². The lowest BCUT2D eigenvalue weighted by Crippen LogP contribution is -2.43. The number of carbonyl (C=O) groups excluding carboxylic acids is 3. The first-order chi connectivity index (χ1) is 16.2. The van der Waals surface area contributed by atoms with Crippen molar-refractivity contribution in [3.05, 3.63) is 45.7 Å². The van der Waals surface area contributed by atoms with E-state index in [1.54, 1.807) is 13.8 Å². The van der Waals surface area contributed by atoms with E-state index >= 15 is 0 Å². The van der Waals surface area contributed by atoms with Crippen molar-refractivity contribution in [3.63, 3.8) is 0 Å². The minimum absolute atomic E-state index is 0.131. The van der Waals surface area contributed by atoms with Crippen LogP contribution in [0.25, 0.3) is 0 Å². The predicted octanol–water partition coefficient (Wildman–Crippen LogP) is 4.57. The number of cyclic esters (lactones) is 1. The standard InChI is InChI=1S/C28H38N2O4/c1-6-23-18(3)21(8-9-24(23)20(5)31)16-29(7-2)22-10-12-28(13-11-22)14-15-30(27(28)33)25-17-34-26(32)19(25)4/h8-9,22H,6-7,10-17H2,1-5H3. The molecule has 2 heterocycles. The monoisotopic (exact) mass is 466 g/mol. The number of likely N-dealkylation sites (tertiary alicyclic amines) is 1. The van der Waals surface area contributed by atoms with E-state index in [9.17, 15) is 14.4 Å². The fraction of sp³-hybridized carbons (Fsp3) is 0.607. The van der Waals surface area contributed by atoms with Gasteiger partial charge in [-0.1, -0.05) is 26.0 Å². The van der Waals surface area contributed by atoms with Crippen LogP contribution in [0.5, 0.6) is 0 Å². The van der Waals surface area contributed by atoms with Crippen LogP contribution in [0.4, 0.5) is 0 Å².